The molecule has 0 bridgehead atoms. The monoisotopic (exact) mass is 706 g/mol. The Bertz CT molecular complexity index is 3570. The highest BCUT2D eigenvalue weighted by Crippen LogP contribution is 2.49. The van der Waals surface area contributed by atoms with E-state index in [0.29, 0.717) is 33.2 Å². The minimum absolute atomic E-state index is 0.151. The molecule has 11 aromatic rings. The number of rotatable bonds is 5. The van der Waals surface area contributed by atoms with E-state index in [9.17, 15) is 5.48 Å². The average Bonchev–Trinajstić information content (AvgIpc) is 3.73. The first-order valence-corrected chi connectivity index (χ1v) is 18.3. The number of hydrogen-bond acceptors (Lipinski definition) is 1. The van der Waals surface area contributed by atoms with Gasteiger partial charge in [0.1, 0.15) is 11.2 Å². The van der Waals surface area contributed by atoms with Gasteiger partial charge in [-0.15, -0.1) is 0 Å². The zero-order valence-electron chi connectivity index (χ0n) is 37.4. The molecule has 256 valence electrons. The minimum Gasteiger partial charge on any atom is -0.455 e. The molecule has 0 atom stereocenters. The van der Waals surface area contributed by atoms with Gasteiger partial charge in [-0.2, -0.15) is 0 Å². The van der Waals surface area contributed by atoms with Gasteiger partial charge in [-0.05, 0) is 119 Å². The fraction of sp³-hybridized carbons (Fsp3) is 0. The molecular formula is C54H34O. The predicted molar refractivity (Wildman–Crippen MR) is 233 cm³/mol. The molecule has 0 saturated heterocycles. The largest absolute Gasteiger partial charge is 0.455 e. The summed E-state index contributed by atoms with van der Waals surface area (Å²) in [4.78, 5) is 0. The second kappa shape index (κ2) is 12.7. The Balaban J connectivity index is 1.32. The highest BCUT2D eigenvalue weighted by atomic mass is 16.3. The van der Waals surface area contributed by atoms with E-state index < -0.39 is 24.2 Å². The molecule has 55 heavy (non-hydrogen) atoms. The van der Waals surface area contributed by atoms with E-state index in [-0.39, 0.29) is 51.3 Å². The maximum Gasteiger partial charge on any atom is 0.143 e. The highest BCUT2D eigenvalue weighted by molar-refractivity contribution is 6.26. The molecule has 0 radical (unpaired) electrons. The zero-order valence-corrected chi connectivity index (χ0v) is 29.4. The highest BCUT2D eigenvalue weighted by Gasteiger charge is 2.23. The standard InChI is InChI=1S/C54H34O/c1-3-15-35(16-4-1)40-32-41(36-17-5-2-6-18-36)34-42(33-40)43-29-30-49(53-48-25-13-14-26-50(48)55-54(43)53)52-46-23-11-9-21-44(46)51(45-22-10-12-24-47(45)52)39-28-27-37-19-7-8-20-38(37)31-39/h1-34H/i9D,10D,11D,12D,21D,22D,23D,24D. The molecule has 0 fully saturated rings. The van der Waals surface area contributed by atoms with Crippen LogP contribution in [-0.4, -0.2) is 0 Å². The normalized spacial score (nSPS) is 13.7. The van der Waals surface area contributed by atoms with E-state index in [1.165, 1.54) is 0 Å². The van der Waals surface area contributed by atoms with Crippen molar-refractivity contribution in [2.24, 2.45) is 0 Å². The maximum absolute atomic E-state index is 9.62. The van der Waals surface area contributed by atoms with Gasteiger partial charge >= 0.3 is 0 Å². The fourth-order valence-electron chi connectivity index (χ4n) is 8.17. The third-order valence-corrected chi connectivity index (χ3v) is 10.7. The molecule has 0 N–H and O–H groups in total. The lowest BCUT2D eigenvalue weighted by Crippen LogP contribution is -1.92. The van der Waals surface area contributed by atoms with E-state index >= 15 is 0 Å². The Labute approximate surface area is 330 Å². The van der Waals surface area contributed by atoms with Crippen LogP contribution in [0.1, 0.15) is 11.0 Å². The van der Waals surface area contributed by atoms with Crippen molar-refractivity contribution >= 4 is 54.3 Å². The van der Waals surface area contributed by atoms with Gasteiger partial charge < -0.3 is 4.42 Å². The average molecular weight is 707 g/mol. The maximum atomic E-state index is 9.62. The summed E-state index contributed by atoms with van der Waals surface area (Å²) in [6, 6.07) is 48.7. The van der Waals surface area contributed by atoms with E-state index in [1.54, 1.807) is 0 Å². The van der Waals surface area contributed by atoms with E-state index in [0.717, 1.165) is 49.5 Å². The van der Waals surface area contributed by atoms with Crippen LogP contribution in [0.3, 0.4) is 0 Å². The molecule has 1 aromatic heterocycles. The summed E-state index contributed by atoms with van der Waals surface area (Å²) in [5, 5.41) is 3.85. The van der Waals surface area contributed by atoms with Crippen LogP contribution in [0.2, 0.25) is 0 Å². The van der Waals surface area contributed by atoms with Crippen LogP contribution in [0.4, 0.5) is 0 Å². The summed E-state index contributed by atoms with van der Waals surface area (Å²) in [5.41, 5.74) is 8.54. The van der Waals surface area contributed by atoms with E-state index in [4.69, 9.17) is 9.90 Å². The van der Waals surface area contributed by atoms with Crippen LogP contribution in [0.5, 0.6) is 0 Å². The lowest BCUT2D eigenvalue weighted by molar-refractivity contribution is 0.670. The SMILES string of the molecule is [2H]c1c([2H])c([2H])c2c(-c3ccc(-c4cc(-c5ccccc5)cc(-c5ccccc5)c4)c4oc5ccccc5c34)c3c([2H])c([2H])c([2H])c([2H])c3c(-c3ccc4ccccc4c3)c2c1[2H]. The summed E-state index contributed by atoms with van der Waals surface area (Å²) in [5.74, 6) is 0. The van der Waals surface area contributed by atoms with Crippen LogP contribution >= 0.6 is 0 Å². The second-order valence-corrected chi connectivity index (χ2v) is 13.8. The van der Waals surface area contributed by atoms with E-state index in [1.807, 2.05) is 115 Å². The molecule has 10 aromatic carbocycles. The van der Waals surface area contributed by atoms with Crippen molar-refractivity contribution < 1.29 is 15.4 Å². The third-order valence-electron chi connectivity index (χ3n) is 10.7. The Morgan fingerprint density at radius 1 is 0.345 bits per heavy atom. The van der Waals surface area contributed by atoms with Crippen molar-refractivity contribution in [2.75, 3.05) is 0 Å². The van der Waals surface area contributed by atoms with Crippen LogP contribution in [-0.2, 0) is 0 Å². The van der Waals surface area contributed by atoms with Crippen molar-refractivity contribution in [1.82, 2.24) is 0 Å². The minimum atomic E-state index is -0.450. The molecule has 0 aliphatic heterocycles. The van der Waals surface area contributed by atoms with Gasteiger partial charge in [0.15, 0.2) is 0 Å². The summed E-state index contributed by atoms with van der Waals surface area (Å²) >= 11 is 0. The second-order valence-electron chi connectivity index (χ2n) is 13.8. The van der Waals surface area contributed by atoms with Crippen LogP contribution < -0.4 is 0 Å². The van der Waals surface area contributed by atoms with Crippen LogP contribution in [0.25, 0.3) is 110 Å². The van der Waals surface area contributed by atoms with Gasteiger partial charge in [0.2, 0.25) is 0 Å². The van der Waals surface area contributed by atoms with Gasteiger partial charge in [-0.3, -0.25) is 0 Å². The molecular weight excluding hydrogens is 665 g/mol. The lowest BCUT2D eigenvalue weighted by Gasteiger charge is -2.19. The molecule has 1 nitrogen and oxygen atoms in total. The number of benzene rings is 10. The van der Waals surface area contributed by atoms with Crippen molar-refractivity contribution in [3.63, 3.8) is 0 Å². The summed E-state index contributed by atoms with van der Waals surface area (Å²) in [7, 11) is 0. The van der Waals surface area contributed by atoms with Crippen molar-refractivity contribution in [3.8, 4) is 55.6 Å². The number of para-hydroxylation sites is 1. The Hall–Kier alpha value is -7.22. The van der Waals surface area contributed by atoms with Crippen molar-refractivity contribution in [2.45, 2.75) is 0 Å². The van der Waals surface area contributed by atoms with E-state index in [2.05, 4.69) is 42.5 Å². The molecule has 11 rings (SSSR count). The number of fused-ring (bicyclic) bond motifs is 6. The molecule has 0 amide bonds. The quantitative estimate of drug-likeness (QED) is 0.162. The van der Waals surface area contributed by atoms with Gasteiger partial charge in [0, 0.05) is 16.3 Å². The van der Waals surface area contributed by atoms with Gasteiger partial charge in [-0.25, -0.2) is 0 Å². The van der Waals surface area contributed by atoms with Crippen molar-refractivity contribution in [1.29, 1.82) is 0 Å². The smallest absolute Gasteiger partial charge is 0.143 e. The molecule has 0 aliphatic rings. The van der Waals surface area contributed by atoms with Crippen LogP contribution in [0.15, 0.2) is 210 Å². The topological polar surface area (TPSA) is 13.1 Å². The summed E-state index contributed by atoms with van der Waals surface area (Å²) in [6.45, 7) is 0. The molecule has 0 unspecified atom stereocenters. The predicted octanol–water partition coefficient (Wildman–Crippen LogP) is 15.4. The van der Waals surface area contributed by atoms with Crippen LogP contribution in [0, 0.1) is 0 Å². The van der Waals surface area contributed by atoms with Gasteiger partial charge in [-0.1, -0.05) is 170 Å². The first-order valence-electron chi connectivity index (χ1n) is 22.3. The Kier molecular flexibility index (Phi) is 5.59. The molecule has 1 heteroatoms. The molecule has 0 spiro atoms. The lowest BCUT2D eigenvalue weighted by atomic mass is 9.84. The fourth-order valence-corrected chi connectivity index (χ4v) is 8.17. The molecule has 0 aliphatic carbocycles. The molecule has 1 heterocycles. The Morgan fingerprint density at radius 3 is 1.53 bits per heavy atom. The third kappa shape index (κ3) is 5.16. The summed E-state index contributed by atoms with van der Waals surface area (Å²) < 4.78 is 81.1. The van der Waals surface area contributed by atoms with Gasteiger partial charge in [0.25, 0.3) is 0 Å². The first-order chi connectivity index (χ1) is 30.6. The molecule has 0 saturated carbocycles. The van der Waals surface area contributed by atoms with Gasteiger partial charge in [0.05, 0.1) is 11.0 Å². The first kappa shape index (κ1) is 24.2. The summed E-state index contributed by atoms with van der Waals surface area (Å²) in [6.07, 6.45) is 0. The number of hydrogen-bond donors (Lipinski definition) is 0. The Morgan fingerprint density at radius 2 is 0.873 bits per heavy atom. The zero-order chi connectivity index (χ0) is 43.3. The van der Waals surface area contributed by atoms with Crippen molar-refractivity contribution in [3.05, 3.63) is 206 Å². The number of furan rings is 1.